The van der Waals surface area contributed by atoms with Gasteiger partial charge in [0.2, 0.25) is 0 Å². The number of hydrogen-bond donors (Lipinski definition) is 2. The third kappa shape index (κ3) is 4.00. The fourth-order valence-corrected chi connectivity index (χ4v) is 1.27. The van der Waals surface area contributed by atoms with Crippen LogP contribution in [-0.4, -0.2) is 37.4 Å². The quantitative estimate of drug-likeness (QED) is 0.773. The molecule has 0 aliphatic heterocycles. The molecule has 2 N–H and O–H groups in total. The van der Waals surface area contributed by atoms with E-state index in [9.17, 15) is 9.90 Å². The first-order chi connectivity index (χ1) is 7.63. The maximum Gasteiger partial charge on any atom is 0.251 e. The molecule has 0 radical (unpaired) electrons. The Morgan fingerprint density at radius 2 is 2.06 bits per heavy atom. The van der Waals surface area contributed by atoms with Crippen LogP contribution in [0.3, 0.4) is 0 Å². The largest absolute Gasteiger partial charge is 0.389 e. The van der Waals surface area contributed by atoms with Gasteiger partial charge in [-0.25, -0.2) is 0 Å². The molecule has 0 aliphatic carbocycles. The van der Waals surface area contributed by atoms with Crippen molar-refractivity contribution in [1.82, 2.24) is 5.32 Å². The van der Waals surface area contributed by atoms with Crippen molar-refractivity contribution in [3.8, 4) is 0 Å². The van der Waals surface area contributed by atoms with Crippen molar-refractivity contribution in [2.45, 2.75) is 13.0 Å². The topological polar surface area (TPSA) is 58.6 Å². The van der Waals surface area contributed by atoms with Gasteiger partial charge >= 0.3 is 0 Å². The van der Waals surface area contributed by atoms with E-state index in [1.807, 2.05) is 19.1 Å². The molecule has 0 aliphatic rings. The number of aryl methyl sites for hydroxylation is 1. The second kappa shape index (κ2) is 6.25. The van der Waals surface area contributed by atoms with Crippen molar-refractivity contribution >= 4 is 5.91 Å². The highest BCUT2D eigenvalue weighted by Crippen LogP contribution is 2.02. The number of nitrogens with one attached hydrogen (secondary N) is 1. The lowest BCUT2D eigenvalue weighted by Crippen LogP contribution is -2.34. The third-order valence-electron chi connectivity index (χ3n) is 2.17. The molecule has 1 aromatic rings. The summed E-state index contributed by atoms with van der Waals surface area (Å²) in [5.74, 6) is -0.185. The summed E-state index contributed by atoms with van der Waals surface area (Å²) < 4.78 is 4.76. The van der Waals surface area contributed by atoms with E-state index >= 15 is 0 Å². The van der Waals surface area contributed by atoms with Gasteiger partial charge in [-0.2, -0.15) is 0 Å². The Hall–Kier alpha value is -1.39. The van der Waals surface area contributed by atoms with E-state index < -0.39 is 6.10 Å². The van der Waals surface area contributed by atoms with Gasteiger partial charge in [-0.1, -0.05) is 17.7 Å². The molecule has 1 amide bonds. The lowest BCUT2D eigenvalue weighted by Gasteiger charge is -2.10. The standard InChI is InChI=1S/C12H17NO3/c1-9-3-5-10(6-4-9)12(15)13-7-11(14)8-16-2/h3-6,11,14H,7-8H2,1-2H3,(H,13,15). The van der Waals surface area contributed by atoms with Gasteiger partial charge < -0.3 is 15.2 Å². The zero-order chi connectivity index (χ0) is 12.0. The van der Waals surface area contributed by atoms with Gasteiger partial charge in [-0.3, -0.25) is 4.79 Å². The Morgan fingerprint density at radius 1 is 1.44 bits per heavy atom. The summed E-state index contributed by atoms with van der Waals surface area (Å²) in [5.41, 5.74) is 1.70. The lowest BCUT2D eigenvalue weighted by atomic mass is 10.1. The molecule has 4 nitrogen and oxygen atoms in total. The van der Waals surface area contributed by atoms with Crippen LogP contribution in [0.25, 0.3) is 0 Å². The van der Waals surface area contributed by atoms with Crippen molar-refractivity contribution in [2.75, 3.05) is 20.3 Å². The van der Waals surface area contributed by atoms with E-state index in [0.717, 1.165) is 5.56 Å². The van der Waals surface area contributed by atoms with Crippen LogP contribution in [-0.2, 0) is 4.74 Å². The molecule has 4 heteroatoms. The second-order valence-corrected chi connectivity index (χ2v) is 3.69. The molecule has 88 valence electrons. The minimum Gasteiger partial charge on any atom is -0.389 e. The highest BCUT2D eigenvalue weighted by molar-refractivity contribution is 5.94. The van der Waals surface area contributed by atoms with E-state index in [0.29, 0.717) is 5.56 Å². The fourth-order valence-electron chi connectivity index (χ4n) is 1.27. The molecular weight excluding hydrogens is 206 g/mol. The average Bonchev–Trinajstić information content (AvgIpc) is 2.27. The number of ether oxygens (including phenoxy) is 1. The summed E-state index contributed by atoms with van der Waals surface area (Å²) in [4.78, 5) is 11.6. The molecule has 0 heterocycles. The first kappa shape index (κ1) is 12.7. The molecule has 1 rings (SSSR count). The number of rotatable bonds is 5. The Bertz CT molecular complexity index is 335. The van der Waals surface area contributed by atoms with Crippen LogP contribution in [0.2, 0.25) is 0 Å². The molecule has 0 aromatic heterocycles. The fraction of sp³-hybridized carbons (Fsp3) is 0.417. The predicted octanol–water partition coefficient (Wildman–Crippen LogP) is 0.732. The lowest BCUT2D eigenvalue weighted by molar-refractivity contribution is 0.0610. The molecule has 0 saturated carbocycles. The Kier molecular flexibility index (Phi) is 4.95. The molecule has 0 spiro atoms. The SMILES string of the molecule is COCC(O)CNC(=O)c1ccc(C)cc1. The third-order valence-corrected chi connectivity index (χ3v) is 2.17. The number of aliphatic hydroxyl groups is 1. The van der Waals surface area contributed by atoms with Crippen LogP contribution < -0.4 is 5.32 Å². The molecule has 0 bridgehead atoms. The smallest absolute Gasteiger partial charge is 0.251 e. The Morgan fingerprint density at radius 3 is 2.62 bits per heavy atom. The number of methoxy groups -OCH3 is 1. The number of carbonyl (C=O) groups is 1. The predicted molar refractivity (Wildman–Crippen MR) is 61.4 cm³/mol. The van der Waals surface area contributed by atoms with Crippen LogP contribution in [0.15, 0.2) is 24.3 Å². The number of aliphatic hydroxyl groups excluding tert-OH is 1. The van der Waals surface area contributed by atoms with E-state index in [4.69, 9.17) is 4.74 Å². The van der Waals surface area contributed by atoms with Gasteiger partial charge in [0, 0.05) is 19.2 Å². The highest BCUT2D eigenvalue weighted by Gasteiger charge is 2.08. The molecule has 0 saturated heterocycles. The van der Waals surface area contributed by atoms with Crippen LogP contribution in [0.4, 0.5) is 0 Å². The zero-order valence-electron chi connectivity index (χ0n) is 9.56. The van der Waals surface area contributed by atoms with Crippen LogP contribution in [0, 0.1) is 6.92 Å². The number of amides is 1. The first-order valence-corrected chi connectivity index (χ1v) is 5.15. The summed E-state index contributed by atoms with van der Waals surface area (Å²) in [6, 6.07) is 7.27. The van der Waals surface area contributed by atoms with Gasteiger partial charge in [0.05, 0.1) is 12.7 Å². The molecule has 1 unspecified atom stereocenters. The van der Waals surface area contributed by atoms with Gasteiger partial charge in [-0.05, 0) is 19.1 Å². The van der Waals surface area contributed by atoms with Crippen molar-refractivity contribution in [3.63, 3.8) is 0 Å². The molecule has 16 heavy (non-hydrogen) atoms. The van der Waals surface area contributed by atoms with Gasteiger partial charge in [0.15, 0.2) is 0 Å². The van der Waals surface area contributed by atoms with Crippen molar-refractivity contribution in [3.05, 3.63) is 35.4 Å². The highest BCUT2D eigenvalue weighted by atomic mass is 16.5. The summed E-state index contributed by atoms with van der Waals surface area (Å²) >= 11 is 0. The van der Waals surface area contributed by atoms with E-state index in [-0.39, 0.29) is 19.1 Å². The Labute approximate surface area is 95.2 Å². The molecule has 1 atom stereocenters. The normalized spacial score (nSPS) is 12.2. The molecule has 1 aromatic carbocycles. The molecule has 0 fully saturated rings. The van der Waals surface area contributed by atoms with Crippen molar-refractivity contribution < 1.29 is 14.6 Å². The van der Waals surface area contributed by atoms with Gasteiger partial charge in [0.1, 0.15) is 0 Å². The maximum absolute atomic E-state index is 11.6. The minimum atomic E-state index is -0.667. The summed E-state index contributed by atoms with van der Waals surface area (Å²) in [6.45, 7) is 2.37. The zero-order valence-corrected chi connectivity index (χ0v) is 9.56. The van der Waals surface area contributed by atoms with E-state index in [1.165, 1.54) is 7.11 Å². The van der Waals surface area contributed by atoms with Crippen LogP contribution >= 0.6 is 0 Å². The van der Waals surface area contributed by atoms with Gasteiger partial charge in [0.25, 0.3) is 5.91 Å². The second-order valence-electron chi connectivity index (χ2n) is 3.69. The van der Waals surface area contributed by atoms with Crippen LogP contribution in [0.1, 0.15) is 15.9 Å². The monoisotopic (exact) mass is 223 g/mol. The molecular formula is C12H17NO3. The first-order valence-electron chi connectivity index (χ1n) is 5.15. The van der Waals surface area contributed by atoms with Crippen molar-refractivity contribution in [2.24, 2.45) is 0 Å². The van der Waals surface area contributed by atoms with E-state index in [1.54, 1.807) is 12.1 Å². The maximum atomic E-state index is 11.6. The van der Waals surface area contributed by atoms with Crippen LogP contribution in [0.5, 0.6) is 0 Å². The Balaban J connectivity index is 2.43. The number of carbonyl (C=O) groups excluding carboxylic acids is 1. The number of hydrogen-bond acceptors (Lipinski definition) is 3. The van der Waals surface area contributed by atoms with Crippen molar-refractivity contribution in [1.29, 1.82) is 0 Å². The summed E-state index contributed by atoms with van der Waals surface area (Å²) in [7, 11) is 1.50. The minimum absolute atomic E-state index is 0.185. The van der Waals surface area contributed by atoms with E-state index in [2.05, 4.69) is 5.32 Å². The summed E-state index contributed by atoms with van der Waals surface area (Å²) in [6.07, 6.45) is -0.667. The average molecular weight is 223 g/mol. The number of benzene rings is 1. The summed E-state index contributed by atoms with van der Waals surface area (Å²) in [5, 5.41) is 12.0. The van der Waals surface area contributed by atoms with Gasteiger partial charge in [-0.15, -0.1) is 0 Å².